The Hall–Kier alpha value is -1.57. The van der Waals surface area contributed by atoms with Crippen molar-refractivity contribution in [2.75, 3.05) is 26.2 Å². The van der Waals surface area contributed by atoms with Crippen molar-refractivity contribution in [1.82, 2.24) is 19.6 Å². The number of nitrogens with zero attached hydrogens (tertiary/aromatic N) is 4. The second-order valence-corrected chi connectivity index (χ2v) is 6.88. The molecule has 0 radical (unpaired) electrons. The Morgan fingerprint density at radius 1 is 1.25 bits per heavy atom. The van der Waals surface area contributed by atoms with Crippen molar-refractivity contribution in [3.63, 3.8) is 0 Å². The van der Waals surface area contributed by atoms with Gasteiger partial charge in [0.1, 0.15) is 0 Å². The van der Waals surface area contributed by atoms with Crippen LogP contribution in [0.4, 0.5) is 13.2 Å². The number of carbonyl (C=O) groups is 1. The summed E-state index contributed by atoms with van der Waals surface area (Å²) in [6, 6.07) is -0.191. The van der Waals surface area contributed by atoms with E-state index in [2.05, 4.69) is 10.00 Å². The molecule has 1 unspecified atom stereocenters. The average Bonchev–Trinajstić information content (AvgIpc) is 3.08. The molecule has 2 fully saturated rings. The number of carbonyl (C=O) groups excluding carboxylic acids is 1. The molecule has 1 atom stereocenters. The maximum Gasteiger partial charge on any atom is 0.433 e. The van der Waals surface area contributed by atoms with E-state index < -0.39 is 23.8 Å². The maximum atomic E-state index is 13.5. The first-order chi connectivity index (χ1) is 11.3. The van der Waals surface area contributed by atoms with Crippen molar-refractivity contribution in [2.24, 2.45) is 0 Å². The van der Waals surface area contributed by atoms with E-state index >= 15 is 0 Å². The third kappa shape index (κ3) is 3.16. The third-order valence-electron chi connectivity index (χ3n) is 4.87. The normalized spacial score (nSPS) is 22.8. The number of aromatic nitrogens is 2. The minimum atomic E-state index is -4.60. The molecule has 1 aromatic rings. The van der Waals surface area contributed by atoms with Gasteiger partial charge in [-0.25, -0.2) is 0 Å². The maximum absolute atomic E-state index is 13.5. The van der Waals surface area contributed by atoms with Crippen LogP contribution < -0.4 is 0 Å². The van der Waals surface area contributed by atoms with Gasteiger partial charge in [0.05, 0.1) is 11.8 Å². The Morgan fingerprint density at radius 2 is 1.96 bits per heavy atom. The summed E-state index contributed by atoms with van der Waals surface area (Å²) < 4.78 is 41.4. The van der Waals surface area contributed by atoms with Crippen LogP contribution in [0.25, 0.3) is 0 Å². The zero-order valence-corrected chi connectivity index (χ0v) is 14.0. The van der Waals surface area contributed by atoms with E-state index in [0.29, 0.717) is 13.1 Å². The highest BCUT2D eigenvalue weighted by Gasteiger charge is 2.42. The van der Waals surface area contributed by atoms with Crippen LogP contribution in [0.5, 0.6) is 0 Å². The minimum Gasteiger partial charge on any atom is -0.337 e. The molecule has 1 aromatic heterocycles. The zero-order valence-electron chi connectivity index (χ0n) is 14.0. The Kier molecular flexibility index (Phi) is 4.59. The van der Waals surface area contributed by atoms with E-state index in [1.165, 1.54) is 0 Å². The second kappa shape index (κ2) is 6.38. The van der Waals surface area contributed by atoms with Gasteiger partial charge in [0.15, 0.2) is 5.69 Å². The van der Waals surface area contributed by atoms with Crippen LogP contribution in [0, 0.1) is 0 Å². The quantitative estimate of drug-likeness (QED) is 0.828. The van der Waals surface area contributed by atoms with Crippen molar-refractivity contribution in [1.29, 1.82) is 0 Å². The predicted octanol–water partition coefficient (Wildman–Crippen LogP) is 2.79. The number of amides is 1. The lowest BCUT2D eigenvalue weighted by molar-refractivity contribution is -0.145. The van der Waals surface area contributed by atoms with Crippen LogP contribution in [0.15, 0.2) is 6.20 Å². The van der Waals surface area contributed by atoms with E-state index in [9.17, 15) is 18.0 Å². The SMILES string of the molecule is CC(C)n1ncc(C(=O)N2CCCN3CCCC3C2)c1C(F)(F)F. The molecule has 0 aliphatic carbocycles. The molecule has 0 aromatic carbocycles. The highest BCUT2D eigenvalue weighted by molar-refractivity contribution is 5.95. The summed E-state index contributed by atoms with van der Waals surface area (Å²) in [6.45, 7) is 6.17. The molecule has 0 saturated carbocycles. The molecular weight excluding hydrogens is 321 g/mol. The molecule has 0 spiro atoms. The molecule has 0 N–H and O–H groups in total. The molecule has 3 heterocycles. The van der Waals surface area contributed by atoms with Crippen LogP contribution in [0.2, 0.25) is 0 Å². The monoisotopic (exact) mass is 344 g/mol. The van der Waals surface area contributed by atoms with Gasteiger partial charge in [-0.2, -0.15) is 18.3 Å². The molecule has 2 saturated heterocycles. The number of alkyl halides is 3. The topological polar surface area (TPSA) is 41.4 Å². The number of fused-ring (bicyclic) bond motifs is 1. The van der Waals surface area contributed by atoms with Gasteiger partial charge >= 0.3 is 6.18 Å². The minimum absolute atomic E-state index is 0.269. The summed E-state index contributed by atoms with van der Waals surface area (Å²) in [7, 11) is 0. The smallest absolute Gasteiger partial charge is 0.337 e. The highest BCUT2D eigenvalue weighted by atomic mass is 19.4. The summed E-state index contributed by atoms with van der Waals surface area (Å²) in [4.78, 5) is 16.7. The molecule has 1 amide bonds. The van der Waals surface area contributed by atoms with Crippen LogP contribution in [-0.2, 0) is 6.18 Å². The fraction of sp³-hybridized carbons (Fsp3) is 0.750. The predicted molar refractivity (Wildman–Crippen MR) is 82.7 cm³/mol. The lowest BCUT2D eigenvalue weighted by Crippen LogP contribution is -2.40. The van der Waals surface area contributed by atoms with Gasteiger partial charge in [-0.05, 0) is 39.7 Å². The fourth-order valence-corrected chi connectivity index (χ4v) is 3.75. The van der Waals surface area contributed by atoms with Gasteiger partial charge in [-0.3, -0.25) is 14.4 Å². The first-order valence-corrected chi connectivity index (χ1v) is 8.47. The van der Waals surface area contributed by atoms with Gasteiger partial charge in [-0.1, -0.05) is 0 Å². The van der Waals surface area contributed by atoms with Gasteiger partial charge < -0.3 is 4.90 Å². The second-order valence-electron chi connectivity index (χ2n) is 6.88. The van der Waals surface area contributed by atoms with Crippen LogP contribution in [0.1, 0.15) is 55.2 Å². The van der Waals surface area contributed by atoms with Crippen molar-refractivity contribution in [3.8, 4) is 0 Å². The fourth-order valence-electron chi connectivity index (χ4n) is 3.75. The van der Waals surface area contributed by atoms with Gasteiger partial charge in [0, 0.05) is 31.7 Å². The number of halogens is 3. The molecule has 5 nitrogen and oxygen atoms in total. The molecule has 0 bridgehead atoms. The molecular formula is C16H23F3N4O. The van der Waals surface area contributed by atoms with E-state index in [1.54, 1.807) is 18.7 Å². The van der Waals surface area contributed by atoms with Gasteiger partial charge in [-0.15, -0.1) is 0 Å². The molecule has 2 aliphatic heterocycles. The molecule has 24 heavy (non-hydrogen) atoms. The number of hydrogen-bond donors (Lipinski definition) is 0. The molecule has 3 rings (SSSR count). The van der Waals surface area contributed by atoms with Crippen molar-refractivity contribution < 1.29 is 18.0 Å². The summed E-state index contributed by atoms with van der Waals surface area (Å²) in [5.41, 5.74) is -1.27. The van der Waals surface area contributed by atoms with Gasteiger partial charge in [0.2, 0.25) is 0 Å². The van der Waals surface area contributed by atoms with Gasteiger partial charge in [0.25, 0.3) is 5.91 Å². The summed E-state index contributed by atoms with van der Waals surface area (Å²) >= 11 is 0. The number of hydrogen-bond acceptors (Lipinski definition) is 3. The van der Waals surface area contributed by atoms with E-state index in [0.717, 1.165) is 43.2 Å². The lowest BCUT2D eigenvalue weighted by Gasteiger charge is -2.26. The number of rotatable bonds is 2. The largest absolute Gasteiger partial charge is 0.433 e. The Morgan fingerprint density at radius 3 is 2.62 bits per heavy atom. The standard InChI is InChI=1S/C16H23F3N4O/c1-11(2)23-14(16(17,18)19)13(9-20-23)15(24)22-8-4-7-21-6-3-5-12(21)10-22/h9,11-12H,3-8,10H2,1-2H3. The van der Waals surface area contributed by atoms with Crippen LogP contribution >= 0.6 is 0 Å². The van der Waals surface area contributed by atoms with Crippen LogP contribution in [-0.4, -0.2) is 57.7 Å². The summed E-state index contributed by atoms with van der Waals surface area (Å²) in [5, 5.41) is 3.83. The Labute approximate surface area is 139 Å². The highest BCUT2D eigenvalue weighted by Crippen LogP contribution is 2.34. The Balaban J connectivity index is 1.89. The molecule has 8 heteroatoms. The van der Waals surface area contributed by atoms with E-state index in [-0.39, 0.29) is 11.6 Å². The summed E-state index contributed by atoms with van der Waals surface area (Å²) in [5.74, 6) is -0.553. The Bertz CT molecular complexity index is 611. The van der Waals surface area contributed by atoms with Crippen molar-refractivity contribution in [2.45, 2.75) is 51.4 Å². The first-order valence-electron chi connectivity index (χ1n) is 8.47. The summed E-state index contributed by atoms with van der Waals surface area (Å²) in [6.07, 6.45) is -0.645. The van der Waals surface area contributed by atoms with Crippen LogP contribution in [0.3, 0.4) is 0 Å². The van der Waals surface area contributed by atoms with Crippen molar-refractivity contribution in [3.05, 3.63) is 17.5 Å². The van der Waals surface area contributed by atoms with Crippen molar-refractivity contribution >= 4 is 5.91 Å². The average molecular weight is 344 g/mol. The van der Waals surface area contributed by atoms with E-state index in [1.807, 2.05) is 0 Å². The first kappa shape index (κ1) is 17.3. The van der Waals surface area contributed by atoms with E-state index in [4.69, 9.17) is 0 Å². The zero-order chi connectivity index (χ0) is 17.5. The molecule has 134 valence electrons. The third-order valence-corrected chi connectivity index (χ3v) is 4.87. The lowest BCUT2D eigenvalue weighted by atomic mass is 10.1. The molecule has 2 aliphatic rings.